The van der Waals surface area contributed by atoms with Crippen LogP contribution in [0.4, 0.5) is 0 Å². The molecule has 0 aromatic heterocycles. The Hall–Kier alpha value is -0.900. The van der Waals surface area contributed by atoms with Crippen molar-refractivity contribution in [3.63, 3.8) is 0 Å². The van der Waals surface area contributed by atoms with Crippen molar-refractivity contribution in [2.75, 3.05) is 14.2 Å². The summed E-state index contributed by atoms with van der Waals surface area (Å²) in [7, 11) is 3.48. The second-order valence-corrected chi connectivity index (χ2v) is 7.86. The maximum Gasteiger partial charge on any atom is 0.183 e. The van der Waals surface area contributed by atoms with Gasteiger partial charge in [0.25, 0.3) is 0 Å². The van der Waals surface area contributed by atoms with Crippen molar-refractivity contribution in [1.29, 1.82) is 0 Å². The van der Waals surface area contributed by atoms with Crippen LogP contribution in [0, 0.1) is 17.8 Å². The van der Waals surface area contributed by atoms with Gasteiger partial charge in [-0.3, -0.25) is 0 Å². The van der Waals surface area contributed by atoms with Crippen LogP contribution in [-0.4, -0.2) is 26.8 Å². The van der Waals surface area contributed by atoms with Crippen LogP contribution in [0.25, 0.3) is 0 Å². The highest BCUT2D eigenvalue weighted by molar-refractivity contribution is 5.20. The number of hydrogen-bond donors (Lipinski definition) is 0. The smallest absolute Gasteiger partial charge is 0.183 e. The van der Waals surface area contributed by atoms with E-state index in [1.165, 1.54) is 29.6 Å². The summed E-state index contributed by atoms with van der Waals surface area (Å²) in [5, 5.41) is 0. The molecular formula is C22H36O3. The standard InChI is InChI=1S/C22H36O3/c1-15(2)9-7-11-17(4)18-14-13-16(3)10-8-12-19-20(18)22(24-6)25-21(19)23-5/h9-10,12,17-18,20-22H,7-8,11,13-14H2,1-6H3/b16-10+,19-12+/t17-,18+,20+,21?,22+/m0/s1. The number of hydrogen-bond acceptors (Lipinski definition) is 3. The lowest BCUT2D eigenvalue weighted by atomic mass is 9.74. The van der Waals surface area contributed by atoms with Gasteiger partial charge in [-0.25, -0.2) is 0 Å². The summed E-state index contributed by atoms with van der Waals surface area (Å²) >= 11 is 0. The van der Waals surface area contributed by atoms with Crippen molar-refractivity contribution in [2.45, 2.75) is 72.4 Å². The summed E-state index contributed by atoms with van der Waals surface area (Å²) in [6.07, 6.45) is 12.2. The summed E-state index contributed by atoms with van der Waals surface area (Å²) in [5.74, 6) is 1.45. The third-order valence-electron chi connectivity index (χ3n) is 5.71. The highest BCUT2D eigenvalue weighted by atomic mass is 16.8. The van der Waals surface area contributed by atoms with E-state index in [0.29, 0.717) is 11.8 Å². The molecule has 5 atom stereocenters. The molecule has 1 fully saturated rings. The van der Waals surface area contributed by atoms with E-state index in [1.54, 1.807) is 14.2 Å². The van der Waals surface area contributed by atoms with Gasteiger partial charge in [0.05, 0.1) is 0 Å². The molecule has 0 spiro atoms. The third kappa shape index (κ3) is 5.29. The number of allylic oxidation sites excluding steroid dienone is 5. The van der Waals surface area contributed by atoms with Gasteiger partial charge in [0, 0.05) is 20.1 Å². The lowest BCUT2D eigenvalue weighted by Crippen LogP contribution is -2.31. The second kappa shape index (κ2) is 9.70. The molecule has 2 rings (SSSR count). The molecule has 1 heterocycles. The quantitative estimate of drug-likeness (QED) is 0.582. The van der Waals surface area contributed by atoms with Crippen molar-refractivity contribution < 1.29 is 14.2 Å². The molecule has 3 nitrogen and oxygen atoms in total. The van der Waals surface area contributed by atoms with E-state index in [1.807, 2.05) is 0 Å². The zero-order valence-corrected chi connectivity index (χ0v) is 16.9. The van der Waals surface area contributed by atoms with Crippen LogP contribution in [-0.2, 0) is 14.2 Å². The summed E-state index contributed by atoms with van der Waals surface area (Å²) in [4.78, 5) is 0. The van der Waals surface area contributed by atoms with Crippen molar-refractivity contribution >= 4 is 0 Å². The van der Waals surface area contributed by atoms with Gasteiger partial charge in [0.1, 0.15) is 0 Å². The van der Waals surface area contributed by atoms with Crippen LogP contribution in [0.1, 0.15) is 59.8 Å². The van der Waals surface area contributed by atoms with E-state index < -0.39 is 0 Å². The molecule has 25 heavy (non-hydrogen) atoms. The van der Waals surface area contributed by atoms with E-state index in [4.69, 9.17) is 14.2 Å². The van der Waals surface area contributed by atoms with E-state index >= 15 is 0 Å². The van der Waals surface area contributed by atoms with E-state index in [-0.39, 0.29) is 18.5 Å². The van der Waals surface area contributed by atoms with Gasteiger partial charge in [-0.15, -0.1) is 0 Å². The average molecular weight is 349 g/mol. The summed E-state index contributed by atoms with van der Waals surface area (Å²) in [6, 6.07) is 0. The normalized spacial score (nSPS) is 35.3. The first-order valence-corrected chi connectivity index (χ1v) is 9.67. The second-order valence-electron chi connectivity index (χ2n) is 7.86. The highest BCUT2D eigenvalue weighted by Crippen LogP contribution is 2.45. The Balaban J connectivity index is 2.26. The van der Waals surface area contributed by atoms with Crippen LogP contribution in [0.2, 0.25) is 0 Å². The lowest BCUT2D eigenvalue weighted by molar-refractivity contribution is -0.194. The molecule has 0 saturated carbocycles. The predicted octanol–water partition coefficient (Wildman–Crippen LogP) is 5.63. The fourth-order valence-electron chi connectivity index (χ4n) is 4.23. The summed E-state index contributed by atoms with van der Waals surface area (Å²) in [6.45, 7) is 9.00. The maximum absolute atomic E-state index is 6.06. The van der Waals surface area contributed by atoms with Crippen LogP contribution < -0.4 is 0 Å². The Morgan fingerprint density at radius 1 is 1.28 bits per heavy atom. The molecule has 0 radical (unpaired) electrons. The Labute approximate surface area is 154 Å². The fraction of sp³-hybridized carbons (Fsp3) is 0.727. The number of fused-ring (bicyclic) bond motifs is 1. The predicted molar refractivity (Wildman–Crippen MR) is 103 cm³/mol. The molecule has 0 N–H and O–H groups in total. The van der Waals surface area contributed by atoms with Gasteiger partial charge in [-0.2, -0.15) is 0 Å². The van der Waals surface area contributed by atoms with Gasteiger partial charge in [0.15, 0.2) is 12.6 Å². The Bertz CT molecular complexity index is 513. The number of methoxy groups -OCH3 is 2. The van der Waals surface area contributed by atoms with Crippen molar-refractivity contribution in [3.8, 4) is 0 Å². The molecule has 2 aliphatic rings. The van der Waals surface area contributed by atoms with Crippen LogP contribution >= 0.6 is 0 Å². The molecule has 0 aromatic rings. The summed E-state index contributed by atoms with van der Waals surface area (Å²) in [5.41, 5.74) is 4.17. The minimum absolute atomic E-state index is 0.203. The SMILES string of the molecule is COC1O[C@@H](OC)[C@H]2/C1=C\C/C=C(\C)CC[C@@H]2[C@@H](C)CCC=C(C)C. The third-order valence-corrected chi connectivity index (χ3v) is 5.71. The zero-order chi connectivity index (χ0) is 18.4. The van der Waals surface area contributed by atoms with E-state index in [0.717, 1.165) is 19.3 Å². The first-order chi connectivity index (χ1) is 12.0. The molecule has 1 aliphatic heterocycles. The Kier molecular flexibility index (Phi) is 7.92. The van der Waals surface area contributed by atoms with Crippen molar-refractivity contribution in [1.82, 2.24) is 0 Å². The fourth-order valence-corrected chi connectivity index (χ4v) is 4.23. The van der Waals surface area contributed by atoms with Crippen LogP contribution in [0.5, 0.6) is 0 Å². The lowest BCUT2D eigenvalue weighted by Gasteiger charge is -2.32. The van der Waals surface area contributed by atoms with Crippen LogP contribution in [0.3, 0.4) is 0 Å². The first kappa shape index (κ1) is 20.4. The first-order valence-electron chi connectivity index (χ1n) is 9.67. The largest absolute Gasteiger partial charge is 0.355 e. The molecule has 0 aromatic carbocycles. The number of ether oxygens (including phenoxy) is 3. The van der Waals surface area contributed by atoms with Gasteiger partial charge in [-0.1, -0.05) is 36.3 Å². The van der Waals surface area contributed by atoms with Crippen LogP contribution in [0.15, 0.2) is 34.9 Å². The maximum atomic E-state index is 6.06. The van der Waals surface area contributed by atoms with Crippen molar-refractivity contribution in [2.24, 2.45) is 17.8 Å². The topological polar surface area (TPSA) is 27.7 Å². The molecule has 0 amide bonds. The minimum atomic E-state index is -0.269. The molecular weight excluding hydrogens is 312 g/mol. The molecule has 1 saturated heterocycles. The van der Waals surface area contributed by atoms with Gasteiger partial charge in [-0.05, 0) is 70.3 Å². The molecule has 3 heteroatoms. The van der Waals surface area contributed by atoms with E-state index in [2.05, 4.69) is 45.9 Å². The monoisotopic (exact) mass is 348 g/mol. The minimum Gasteiger partial charge on any atom is -0.355 e. The van der Waals surface area contributed by atoms with E-state index in [9.17, 15) is 0 Å². The number of rotatable bonds is 6. The van der Waals surface area contributed by atoms with Crippen molar-refractivity contribution in [3.05, 3.63) is 34.9 Å². The van der Waals surface area contributed by atoms with Gasteiger partial charge < -0.3 is 14.2 Å². The highest BCUT2D eigenvalue weighted by Gasteiger charge is 2.45. The molecule has 1 unspecified atom stereocenters. The molecule has 1 aliphatic carbocycles. The zero-order valence-electron chi connectivity index (χ0n) is 16.9. The Morgan fingerprint density at radius 3 is 2.68 bits per heavy atom. The summed E-state index contributed by atoms with van der Waals surface area (Å²) < 4.78 is 17.4. The Morgan fingerprint density at radius 2 is 2.04 bits per heavy atom. The van der Waals surface area contributed by atoms with Gasteiger partial charge in [0.2, 0.25) is 0 Å². The molecule has 142 valence electrons. The van der Waals surface area contributed by atoms with Gasteiger partial charge >= 0.3 is 0 Å². The average Bonchev–Trinajstić information content (AvgIpc) is 2.94. The molecule has 0 bridgehead atoms.